The van der Waals surface area contributed by atoms with Gasteiger partial charge in [0.05, 0.1) is 5.56 Å². The van der Waals surface area contributed by atoms with E-state index >= 15 is 0 Å². The molecule has 2 aliphatic rings. The first-order valence-electron chi connectivity index (χ1n) is 7.33. The minimum absolute atomic E-state index is 0.0922. The van der Waals surface area contributed by atoms with Crippen LogP contribution in [-0.4, -0.2) is 35.6 Å². The summed E-state index contributed by atoms with van der Waals surface area (Å²) < 4.78 is 11.2. The van der Waals surface area contributed by atoms with Crippen molar-refractivity contribution in [3.05, 3.63) is 47.5 Å². The Labute approximate surface area is 133 Å². The lowest BCUT2D eigenvalue weighted by Crippen LogP contribution is -2.41. The number of esters is 1. The van der Waals surface area contributed by atoms with Crippen LogP contribution in [0.3, 0.4) is 0 Å². The Bertz CT molecular complexity index is 694. The van der Waals surface area contributed by atoms with Gasteiger partial charge in [-0.3, -0.25) is 9.59 Å². The van der Waals surface area contributed by atoms with E-state index in [0.29, 0.717) is 11.8 Å². The van der Waals surface area contributed by atoms with Gasteiger partial charge in [-0.05, 0) is 32.1 Å². The Morgan fingerprint density at radius 1 is 1.35 bits per heavy atom. The molecule has 0 saturated carbocycles. The van der Waals surface area contributed by atoms with Crippen molar-refractivity contribution in [2.24, 2.45) is 0 Å². The van der Waals surface area contributed by atoms with E-state index in [1.807, 2.05) is 0 Å². The van der Waals surface area contributed by atoms with Crippen LogP contribution in [0, 0.1) is 0 Å². The lowest BCUT2D eigenvalue weighted by atomic mass is 9.95. The van der Waals surface area contributed by atoms with Crippen LogP contribution in [-0.2, 0) is 19.1 Å². The van der Waals surface area contributed by atoms with E-state index in [1.165, 1.54) is 6.08 Å². The Balaban J connectivity index is 1.80. The van der Waals surface area contributed by atoms with Gasteiger partial charge in [0.15, 0.2) is 5.60 Å². The van der Waals surface area contributed by atoms with Gasteiger partial charge in [-0.25, -0.2) is 4.79 Å². The Morgan fingerprint density at radius 2 is 2.04 bits per heavy atom. The quantitative estimate of drug-likeness (QED) is 0.673. The molecule has 1 fully saturated rings. The van der Waals surface area contributed by atoms with E-state index in [0.717, 1.165) is 0 Å². The molecule has 6 heteroatoms. The zero-order valence-corrected chi connectivity index (χ0v) is 12.9. The molecule has 1 amide bonds. The van der Waals surface area contributed by atoms with Crippen molar-refractivity contribution in [3.8, 4) is 0 Å². The van der Waals surface area contributed by atoms with E-state index in [4.69, 9.17) is 9.47 Å². The number of hydrogen-bond acceptors (Lipinski definition) is 5. The summed E-state index contributed by atoms with van der Waals surface area (Å²) in [7, 11) is 0. The third-order valence-corrected chi connectivity index (χ3v) is 3.93. The van der Waals surface area contributed by atoms with Gasteiger partial charge in [-0.2, -0.15) is 0 Å². The predicted octanol–water partition coefficient (Wildman–Crippen LogP) is 1.36. The molecular formula is C17H17NO5. The number of ether oxygens (including phenoxy) is 2. The number of amides is 1. The van der Waals surface area contributed by atoms with Gasteiger partial charge in [0.2, 0.25) is 0 Å². The highest BCUT2D eigenvalue weighted by Gasteiger charge is 2.58. The monoisotopic (exact) mass is 315 g/mol. The third kappa shape index (κ3) is 2.66. The fourth-order valence-electron chi connectivity index (χ4n) is 2.99. The first kappa shape index (κ1) is 15.4. The van der Waals surface area contributed by atoms with Gasteiger partial charge in [-0.1, -0.05) is 18.2 Å². The maximum absolute atomic E-state index is 12.3. The molecule has 2 atom stereocenters. The predicted molar refractivity (Wildman–Crippen MR) is 80.4 cm³/mol. The summed E-state index contributed by atoms with van der Waals surface area (Å²) in [6.45, 7) is 3.40. The highest BCUT2D eigenvalue weighted by molar-refractivity contribution is 5.99. The summed E-state index contributed by atoms with van der Waals surface area (Å²) in [6.07, 6.45) is 1.46. The summed E-state index contributed by atoms with van der Waals surface area (Å²) in [5, 5.41) is 2.69. The second-order valence-corrected chi connectivity index (χ2v) is 6.15. The molecule has 3 rings (SSSR count). The maximum atomic E-state index is 12.3. The van der Waals surface area contributed by atoms with Crippen LogP contribution in [0.1, 0.15) is 30.6 Å². The number of rotatable bonds is 3. The molecule has 1 aromatic carbocycles. The second kappa shape index (κ2) is 5.31. The molecule has 1 spiro atoms. The smallest absolute Gasteiger partial charge is 0.338 e. The molecule has 0 aromatic heterocycles. The number of carbonyl (C=O) groups excluding carboxylic acids is 3. The van der Waals surface area contributed by atoms with Crippen LogP contribution >= 0.6 is 0 Å². The molecule has 6 nitrogen and oxygen atoms in total. The third-order valence-electron chi connectivity index (χ3n) is 3.93. The van der Waals surface area contributed by atoms with Crippen molar-refractivity contribution >= 4 is 18.2 Å². The molecule has 2 unspecified atom stereocenters. The Morgan fingerprint density at radius 3 is 2.61 bits per heavy atom. The maximum Gasteiger partial charge on any atom is 0.338 e. The van der Waals surface area contributed by atoms with Crippen molar-refractivity contribution in [3.63, 3.8) is 0 Å². The molecule has 1 N–H and O–H groups in total. The fraction of sp³-hybridized carbons (Fsp3) is 0.353. The second-order valence-electron chi connectivity index (χ2n) is 6.15. The van der Waals surface area contributed by atoms with Crippen LogP contribution in [0.5, 0.6) is 0 Å². The standard InChI is InChI=1S/C17H17NO5/c1-16(2)18-15(21)17(23-16)9-13(8-12(17)10-19)22-14(20)11-6-4-3-5-7-11/h3-8,10,13H,9H2,1-2H3,(H,18,21). The highest BCUT2D eigenvalue weighted by atomic mass is 16.6. The lowest BCUT2D eigenvalue weighted by Gasteiger charge is -2.25. The van der Waals surface area contributed by atoms with Crippen LogP contribution in [0.15, 0.2) is 42.0 Å². The lowest BCUT2D eigenvalue weighted by molar-refractivity contribution is -0.135. The van der Waals surface area contributed by atoms with Gasteiger partial charge in [0.25, 0.3) is 5.91 Å². The van der Waals surface area contributed by atoms with E-state index in [2.05, 4.69) is 5.32 Å². The van der Waals surface area contributed by atoms with E-state index < -0.39 is 23.4 Å². The normalized spacial score (nSPS) is 28.3. The van der Waals surface area contributed by atoms with Crippen LogP contribution in [0.25, 0.3) is 0 Å². The Kier molecular flexibility index (Phi) is 3.56. The topological polar surface area (TPSA) is 81.7 Å². The van der Waals surface area contributed by atoms with Crippen LogP contribution in [0.4, 0.5) is 0 Å². The summed E-state index contributed by atoms with van der Waals surface area (Å²) >= 11 is 0. The minimum Gasteiger partial charge on any atom is -0.454 e. The van der Waals surface area contributed by atoms with E-state index in [9.17, 15) is 14.4 Å². The average molecular weight is 315 g/mol. The van der Waals surface area contributed by atoms with Gasteiger partial charge in [-0.15, -0.1) is 0 Å². The van der Waals surface area contributed by atoms with Gasteiger partial charge < -0.3 is 14.8 Å². The van der Waals surface area contributed by atoms with Gasteiger partial charge in [0.1, 0.15) is 18.1 Å². The van der Waals surface area contributed by atoms with Gasteiger partial charge >= 0.3 is 5.97 Å². The van der Waals surface area contributed by atoms with Crippen molar-refractivity contribution in [1.29, 1.82) is 0 Å². The SMILES string of the molecule is CC1(C)NC(=O)C2(CC(OC(=O)c3ccccc3)C=C2C=O)O1. The average Bonchev–Trinajstić information content (AvgIpc) is 2.96. The number of carbonyl (C=O) groups is 3. The molecule has 1 aliphatic carbocycles. The Hall–Kier alpha value is -2.47. The summed E-state index contributed by atoms with van der Waals surface area (Å²) in [4.78, 5) is 35.8. The summed E-state index contributed by atoms with van der Waals surface area (Å²) in [5.41, 5.74) is -1.66. The number of nitrogens with one attached hydrogen (secondary N) is 1. The number of hydrogen-bond donors (Lipinski definition) is 1. The first-order chi connectivity index (χ1) is 10.9. The molecule has 0 radical (unpaired) electrons. The van der Waals surface area contributed by atoms with Crippen molar-refractivity contribution in [1.82, 2.24) is 5.32 Å². The number of aldehydes is 1. The van der Waals surface area contributed by atoms with Gasteiger partial charge in [0, 0.05) is 12.0 Å². The molecule has 120 valence electrons. The largest absolute Gasteiger partial charge is 0.454 e. The zero-order chi connectivity index (χ0) is 16.7. The van der Waals surface area contributed by atoms with E-state index in [-0.39, 0.29) is 17.9 Å². The summed E-state index contributed by atoms with van der Waals surface area (Å²) in [6, 6.07) is 8.54. The molecule has 0 bridgehead atoms. The van der Waals surface area contributed by atoms with E-state index in [1.54, 1.807) is 44.2 Å². The van der Waals surface area contributed by atoms with Crippen LogP contribution < -0.4 is 5.32 Å². The zero-order valence-electron chi connectivity index (χ0n) is 12.9. The molecule has 1 saturated heterocycles. The van der Waals surface area contributed by atoms with Crippen molar-refractivity contribution < 1.29 is 23.9 Å². The molecule has 1 heterocycles. The van der Waals surface area contributed by atoms with Crippen molar-refractivity contribution in [2.45, 2.75) is 37.7 Å². The van der Waals surface area contributed by atoms with Crippen molar-refractivity contribution in [2.75, 3.05) is 0 Å². The molecule has 1 aromatic rings. The molecular weight excluding hydrogens is 298 g/mol. The minimum atomic E-state index is -1.38. The molecule has 23 heavy (non-hydrogen) atoms. The fourth-order valence-corrected chi connectivity index (χ4v) is 2.99. The van der Waals surface area contributed by atoms with Crippen LogP contribution in [0.2, 0.25) is 0 Å². The number of benzene rings is 1. The molecule has 1 aliphatic heterocycles. The summed E-state index contributed by atoms with van der Waals surface area (Å²) in [5.74, 6) is -0.897. The highest BCUT2D eigenvalue weighted by Crippen LogP contribution is 2.41. The first-order valence-corrected chi connectivity index (χ1v) is 7.33.